The fraction of sp³-hybridized carbons (Fsp3) is 0.969. The average molecular weight is 640 g/mol. The first-order chi connectivity index (χ1) is 18.6. The molecule has 0 aromatic rings. The van der Waals surface area contributed by atoms with E-state index in [2.05, 4.69) is 98.1 Å². The molecule has 4 rings (SSSR count). The highest BCUT2D eigenvalue weighted by molar-refractivity contribution is 6.90. The average Bonchev–Trinajstić information content (AvgIpc) is 3.08. The Morgan fingerprint density at radius 3 is 1.93 bits per heavy atom. The number of hydrogen-bond acceptors (Lipinski definition) is 6. The van der Waals surface area contributed by atoms with Crippen LogP contribution in [0.4, 0.5) is 0 Å². The molecule has 0 aromatic carbocycles. The summed E-state index contributed by atoms with van der Waals surface area (Å²) in [7, 11) is -5.91. The Kier molecular flexibility index (Phi) is 10.1. The van der Waals surface area contributed by atoms with E-state index in [-0.39, 0.29) is 48.3 Å². The van der Waals surface area contributed by atoms with Gasteiger partial charge in [-0.1, -0.05) is 73.9 Å². The van der Waals surface area contributed by atoms with Crippen molar-refractivity contribution in [3.05, 3.63) is 0 Å². The highest BCUT2D eigenvalue weighted by Crippen LogP contribution is 2.66. The van der Waals surface area contributed by atoms with E-state index in [0.29, 0.717) is 11.3 Å². The van der Waals surface area contributed by atoms with Crippen LogP contribution in [0.25, 0.3) is 0 Å². The number of nitrogens with zero attached hydrogens (tertiary/aromatic N) is 1. The van der Waals surface area contributed by atoms with E-state index in [1.165, 1.54) is 6.42 Å². The van der Waals surface area contributed by atoms with E-state index in [4.69, 9.17) is 18.5 Å². The normalized spacial score (nSPS) is 29.7. The maximum atomic E-state index is 13.1. The van der Waals surface area contributed by atoms with Gasteiger partial charge < -0.3 is 22.7 Å². The molecule has 0 radical (unpaired) electrons. The molecule has 0 aromatic heterocycles. The zero-order valence-electron chi connectivity index (χ0n) is 30.5. The molecule has 4 unspecified atom stereocenters. The highest BCUT2D eigenvalue weighted by atomic mass is 28.4. The molecule has 1 saturated heterocycles. The zero-order valence-corrected chi connectivity index (χ0v) is 33.5. The van der Waals surface area contributed by atoms with Gasteiger partial charge in [0.05, 0.1) is 24.2 Å². The van der Waals surface area contributed by atoms with Gasteiger partial charge in [-0.05, 0) is 88.8 Å². The molecule has 10 heteroatoms. The summed E-state index contributed by atoms with van der Waals surface area (Å²) in [5, 5.41) is 0.0524. The second-order valence-electron chi connectivity index (χ2n) is 19.0. The molecular weight excluding hydrogens is 573 g/mol. The lowest BCUT2D eigenvalue weighted by Gasteiger charge is -2.64. The molecule has 3 aliphatic carbocycles. The van der Waals surface area contributed by atoms with Crippen LogP contribution in [0.2, 0.25) is 57.4 Å². The lowest BCUT2D eigenvalue weighted by Crippen LogP contribution is -2.67. The van der Waals surface area contributed by atoms with Gasteiger partial charge in [-0.25, -0.2) is 0 Å². The summed E-state index contributed by atoms with van der Waals surface area (Å²) in [6.07, 6.45) is 4.25. The molecule has 0 amide bonds. The predicted octanol–water partition coefficient (Wildman–Crippen LogP) is 8.50. The minimum Gasteiger partial charge on any atom is -0.460 e. The summed E-state index contributed by atoms with van der Waals surface area (Å²) in [6.45, 7) is 39.1. The van der Waals surface area contributed by atoms with Gasteiger partial charge in [0, 0.05) is 5.94 Å². The van der Waals surface area contributed by atoms with Crippen LogP contribution in [-0.2, 0) is 23.3 Å². The fourth-order valence-corrected chi connectivity index (χ4v) is 20.1. The van der Waals surface area contributed by atoms with Crippen molar-refractivity contribution in [3.8, 4) is 0 Å². The monoisotopic (exact) mass is 639 g/mol. The maximum Gasteiger partial charge on any atom is 0.474 e. The first kappa shape index (κ1) is 36.5. The van der Waals surface area contributed by atoms with Crippen LogP contribution in [0.3, 0.4) is 0 Å². The number of esters is 1. The van der Waals surface area contributed by atoms with Crippen LogP contribution in [0.15, 0.2) is 0 Å². The Hall–Kier alpha value is 0.0256. The van der Waals surface area contributed by atoms with E-state index in [9.17, 15) is 4.79 Å². The van der Waals surface area contributed by atoms with Crippen molar-refractivity contribution in [2.24, 2.45) is 17.3 Å². The quantitative estimate of drug-likeness (QED) is 0.167. The molecule has 244 valence electrons. The topological polar surface area (TPSA) is 57.2 Å². The third-order valence-electron chi connectivity index (χ3n) is 10.9. The van der Waals surface area contributed by atoms with Gasteiger partial charge in [0.25, 0.3) is 0 Å². The Balaban J connectivity index is 1.94. The van der Waals surface area contributed by atoms with Crippen LogP contribution in [0.5, 0.6) is 0 Å². The van der Waals surface area contributed by atoms with Gasteiger partial charge in [-0.3, -0.25) is 4.79 Å². The minimum absolute atomic E-state index is 0.0524. The van der Waals surface area contributed by atoms with Crippen molar-refractivity contribution in [1.29, 1.82) is 0 Å². The second-order valence-corrected chi connectivity index (χ2v) is 33.8. The third kappa shape index (κ3) is 7.69. The van der Waals surface area contributed by atoms with Crippen molar-refractivity contribution in [1.82, 2.24) is 4.23 Å². The third-order valence-corrected chi connectivity index (χ3v) is 23.0. The van der Waals surface area contributed by atoms with Gasteiger partial charge in [0.2, 0.25) is 0 Å². The Bertz CT molecular complexity index is 967. The van der Waals surface area contributed by atoms with Crippen LogP contribution in [0.1, 0.15) is 94.4 Å². The van der Waals surface area contributed by atoms with E-state index >= 15 is 0 Å². The van der Waals surface area contributed by atoms with E-state index in [1.807, 2.05) is 20.8 Å². The van der Waals surface area contributed by atoms with Gasteiger partial charge in [-0.15, -0.1) is 0 Å². The van der Waals surface area contributed by atoms with E-state index in [1.54, 1.807) is 0 Å². The van der Waals surface area contributed by atoms with Gasteiger partial charge in [-0.2, -0.15) is 0 Å². The Morgan fingerprint density at radius 2 is 1.48 bits per heavy atom. The molecule has 3 saturated carbocycles. The minimum atomic E-state index is -2.12. The molecule has 4 fully saturated rings. The largest absolute Gasteiger partial charge is 0.474 e. The summed E-state index contributed by atoms with van der Waals surface area (Å²) in [6, 6.07) is 0. The van der Waals surface area contributed by atoms with Gasteiger partial charge in [0.1, 0.15) is 22.1 Å². The summed E-state index contributed by atoms with van der Waals surface area (Å²) in [5.41, 5.74) is -0.440. The number of carbonyl (C=O) groups excluding carboxylic acids is 1. The highest BCUT2D eigenvalue weighted by Gasteiger charge is 2.69. The molecule has 4 aliphatic rings. The lowest BCUT2D eigenvalue weighted by molar-refractivity contribution is -0.199. The molecule has 0 spiro atoms. The van der Waals surface area contributed by atoms with Crippen molar-refractivity contribution in [2.45, 2.75) is 181 Å². The van der Waals surface area contributed by atoms with Crippen LogP contribution in [0, 0.1) is 17.3 Å². The molecule has 6 atom stereocenters. The van der Waals surface area contributed by atoms with Crippen LogP contribution < -0.4 is 0 Å². The lowest BCUT2D eigenvalue weighted by atomic mass is 9.43. The first-order valence-corrected chi connectivity index (χ1v) is 26.4. The first-order valence-electron chi connectivity index (χ1n) is 16.6. The van der Waals surface area contributed by atoms with E-state index < -0.39 is 30.4 Å². The number of rotatable bonds is 11. The van der Waals surface area contributed by atoms with Gasteiger partial charge in [0.15, 0.2) is 8.32 Å². The molecule has 2 bridgehead atoms. The molecule has 0 N–H and O–H groups in total. The van der Waals surface area contributed by atoms with E-state index in [0.717, 1.165) is 25.2 Å². The van der Waals surface area contributed by atoms with Crippen molar-refractivity contribution < 1.29 is 23.3 Å². The Morgan fingerprint density at radius 1 is 0.929 bits per heavy atom. The summed E-state index contributed by atoms with van der Waals surface area (Å²) in [5.74, 6) is 1.22. The standard InChI is InChI=1S/C32H66BNO5Si3/c1-29(2,3)36-28(35)22-24(38-42(16,17)30(4,5)6)18-19-27(34(40(10,11)12)41(13,14)15)33-37-26-21-23-20-25(31(23,7)8)32(26,9)39-33/h23-27H,18-22H2,1-17H3/t23?,24?,25?,26-,27?,32+/m1/s1. The summed E-state index contributed by atoms with van der Waals surface area (Å²) in [4.78, 5) is 13.1. The molecule has 42 heavy (non-hydrogen) atoms. The fourth-order valence-electron chi connectivity index (χ4n) is 8.17. The molecule has 6 nitrogen and oxygen atoms in total. The smallest absolute Gasteiger partial charge is 0.460 e. The van der Waals surface area contributed by atoms with Crippen molar-refractivity contribution >= 4 is 37.9 Å². The molecular formula is C32H66BNO5Si3. The SMILES string of the molecule is CC(C)(C)OC(=O)CC(CCC(B1O[C@@H]2CC3CC(C3(C)C)[C@]2(C)O1)N([Si](C)(C)C)[Si](C)(C)C)O[Si](C)(C)C(C)(C)C. The summed E-state index contributed by atoms with van der Waals surface area (Å²) < 4.78 is 29.8. The van der Waals surface area contributed by atoms with Crippen molar-refractivity contribution in [2.75, 3.05) is 0 Å². The van der Waals surface area contributed by atoms with Crippen LogP contribution >= 0.6 is 0 Å². The van der Waals surface area contributed by atoms with Crippen LogP contribution in [-0.4, -0.2) is 71.5 Å². The summed E-state index contributed by atoms with van der Waals surface area (Å²) >= 11 is 0. The zero-order chi connectivity index (χ0) is 32.5. The number of hydrogen-bond donors (Lipinski definition) is 0. The number of carbonyl (C=O) groups is 1. The Labute approximate surface area is 263 Å². The van der Waals surface area contributed by atoms with Crippen molar-refractivity contribution in [3.63, 3.8) is 0 Å². The molecule has 1 aliphatic heterocycles. The molecule has 1 heterocycles. The second kappa shape index (κ2) is 11.7. The number of ether oxygens (including phenoxy) is 1. The maximum absolute atomic E-state index is 13.1. The predicted molar refractivity (Wildman–Crippen MR) is 184 cm³/mol. The van der Waals surface area contributed by atoms with Gasteiger partial charge >= 0.3 is 13.1 Å².